The van der Waals surface area contributed by atoms with Crippen molar-refractivity contribution in [1.29, 1.82) is 0 Å². The van der Waals surface area contributed by atoms with Crippen LogP contribution in [0, 0.1) is 12.8 Å². The number of benzene rings is 1. The van der Waals surface area contributed by atoms with Crippen molar-refractivity contribution in [3.05, 3.63) is 35.6 Å². The summed E-state index contributed by atoms with van der Waals surface area (Å²) >= 11 is 0. The van der Waals surface area contributed by atoms with Gasteiger partial charge in [0.2, 0.25) is 0 Å². The summed E-state index contributed by atoms with van der Waals surface area (Å²) in [6.07, 6.45) is 0.554. The predicted octanol–water partition coefficient (Wildman–Crippen LogP) is 2.42. The Morgan fingerprint density at radius 1 is 1.42 bits per heavy atom. The summed E-state index contributed by atoms with van der Waals surface area (Å²) in [6, 6.07) is 7.82. The molecule has 1 aromatic carbocycles. The van der Waals surface area contributed by atoms with Crippen molar-refractivity contribution in [2.24, 2.45) is 11.7 Å². The molecule has 1 heterocycles. The number of rotatable bonds is 5. The molecule has 1 aromatic heterocycles. The van der Waals surface area contributed by atoms with Gasteiger partial charge in [-0.25, -0.2) is 0 Å². The van der Waals surface area contributed by atoms with E-state index in [9.17, 15) is 4.79 Å². The third kappa shape index (κ3) is 2.79. The van der Waals surface area contributed by atoms with Crippen molar-refractivity contribution < 1.29 is 13.9 Å². The minimum Gasteiger partial charge on any atom is -0.466 e. The van der Waals surface area contributed by atoms with E-state index >= 15 is 0 Å². The molecule has 0 fully saturated rings. The number of carbonyl (C=O) groups is 1. The summed E-state index contributed by atoms with van der Waals surface area (Å²) in [4.78, 5) is 11.8. The highest BCUT2D eigenvalue weighted by molar-refractivity contribution is 5.83. The maximum atomic E-state index is 11.8. The first-order valence-electron chi connectivity index (χ1n) is 6.51. The van der Waals surface area contributed by atoms with E-state index in [1.807, 2.05) is 31.2 Å². The molecule has 0 radical (unpaired) electrons. The van der Waals surface area contributed by atoms with Gasteiger partial charge in [-0.1, -0.05) is 18.2 Å². The van der Waals surface area contributed by atoms with Crippen molar-refractivity contribution >= 4 is 16.9 Å². The number of hydrogen-bond acceptors (Lipinski definition) is 4. The minimum absolute atomic E-state index is 0.241. The van der Waals surface area contributed by atoms with E-state index in [2.05, 4.69) is 0 Å². The van der Waals surface area contributed by atoms with Gasteiger partial charge in [0.05, 0.1) is 12.5 Å². The summed E-state index contributed by atoms with van der Waals surface area (Å²) in [7, 11) is 0. The van der Waals surface area contributed by atoms with Gasteiger partial charge in [-0.05, 0) is 26.3 Å². The van der Waals surface area contributed by atoms with Gasteiger partial charge in [0.25, 0.3) is 0 Å². The monoisotopic (exact) mass is 261 g/mol. The fourth-order valence-corrected chi connectivity index (χ4v) is 2.24. The summed E-state index contributed by atoms with van der Waals surface area (Å²) in [5.74, 6) is 0.276. The van der Waals surface area contributed by atoms with Crippen molar-refractivity contribution in [3.63, 3.8) is 0 Å². The van der Waals surface area contributed by atoms with Gasteiger partial charge in [0.15, 0.2) is 0 Å². The van der Waals surface area contributed by atoms with E-state index in [1.54, 1.807) is 6.92 Å². The number of hydrogen-bond donors (Lipinski definition) is 1. The lowest BCUT2D eigenvalue weighted by Gasteiger charge is -2.13. The standard InChI is InChI=1S/C15H19NO3/c1-3-18-15(17)11(9-16)8-13-10(2)19-14-7-5-4-6-12(13)14/h4-7,11H,3,8-9,16H2,1-2H3. The highest BCUT2D eigenvalue weighted by Crippen LogP contribution is 2.27. The Kier molecular flexibility index (Phi) is 4.22. The summed E-state index contributed by atoms with van der Waals surface area (Å²) in [5.41, 5.74) is 7.57. The van der Waals surface area contributed by atoms with E-state index in [4.69, 9.17) is 14.9 Å². The smallest absolute Gasteiger partial charge is 0.310 e. The zero-order chi connectivity index (χ0) is 13.8. The van der Waals surface area contributed by atoms with Gasteiger partial charge in [-0.15, -0.1) is 0 Å². The van der Waals surface area contributed by atoms with Gasteiger partial charge >= 0.3 is 5.97 Å². The molecule has 1 atom stereocenters. The third-order valence-corrected chi connectivity index (χ3v) is 3.26. The van der Waals surface area contributed by atoms with Crippen LogP contribution in [0.5, 0.6) is 0 Å². The zero-order valence-electron chi connectivity index (χ0n) is 11.3. The van der Waals surface area contributed by atoms with E-state index in [0.29, 0.717) is 13.0 Å². The number of para-hydroxylation sites is 1. The van der Waals surface area contributed by atoms with Gasteiger partial charge in [0, 0.05) is 17.5 Å². The number of furan rings is 1. The molecule has 2 rings (SSSR count). The Hall–Kier alpha value is -1.81. The van der Waals surface area contributed by atoms with Crippen LogP contribution in [0.3, 0.4) is 0 Å². The summed E-state index contributed by atoms with van der Waals surface area (Å²) in [6.45, 7) is 4.36. The van der Waals surface area contributed by atoms with E-state index in [1.165, 1.54) is 0 Å². The average Bonchev–Trinajstić information content (AvgIpc) is 2.72. The van der Waals surface area contributed by atoms with E-state index in [-0.39, 0.29) is 18.4 Å². The molecule has 0 aliphatic carbocycles. The van der Waals surface area contributed by atoms with Crippen molar-refractivity contribution in [2.75, 3.05) is 13.2 Å². The van der Waals surface area contributed by atoms with Crippen LogP contribution < -0.4 is 5.73 Å². The van der Waals surface area contributed by atoms with Gasteiger partial charge in [0.1, 0.15) is 11.3 Å². The van der Waals surface area contributed by atoms with Crippen LogP contribution in [0.2, 0.25) is 0 Å². The molecule has 4 nitrogen and oxygen atoms in total. The van der Waals surface area contributed by atoms with Crippen LogP contribution >= 0.6 is 0 Å². The molecule has 0 aliphatic rings. The molecule has 2 N–H and O–H groups in total. The third-order valence-electron chi connectivity index (χ3n) is 3.26. The molecular weight excluding hydrogens is 242 g/mol. The molecule has 4 heteroatoms. The number of fused-ring (bicyclic) bond motifs is 1. The highest BCUT2D eigenvalue weighted by atomic mass is 16.5. The number of carbonyl (C=O) groups excluding carboxylic acids is 1. The fourth-order valence-electron chi connectivity index (χ4n) is 2.24. The topological polar surface area (TPSA) is 65.5 Å². The van der Waals surface area contributed by atoms with Crippen molar-refractivity contribution in [3.8, 4) is 0 Å². The predicted molar refractivity (Wildman–Crippen MR) is 73.8 cm³/mol. The molecular formula is C15H19NO3. The number of nitrogens with two attached hydrogens (primary N) is 1. The Bertz CT molecular complexity index is 574. The van der Waals surface area contributed by atoms with Gasteiger partial charge < -0.3 is 14.9 Å². The largest absolute Gasteiger partial charge is 0.466 e. The average molecular weight is 261 g/mol. The molecule has 102 valence electrons. The minimum atomic E-state index is -0.320. The molecule has 0 saturated carbocycles. The maximum Gasteiger partial charge on any atom is 0.310 e. The van der Waals surface area contributed by atoms with Gasteiger partial charge in [-0.2, -0.15) is 0 Å². The van der Waals surface area contributed by atoms with Gasteiger partial charge in [-0.3, -0.25) is 4.79 Å². The number of aryl methyl sites for hydroxylation is 1. The molecule has 2 aromatic rings. The molecule has 0 spiro atoms. The lowest BCUT2D eigenvalue weighted by molar-refractivity contribution is -0.147. The number of ether oxygens (including phenoxy) is 1. The lowest BCUT2D eigenvalue weighted by atomic mass is 9.97. The van der Waals surface area contributed by atoms with Crippen LogP contribution in [0.4, 0.5) is 0 Å². The Balaban J connectivity index is 2.29. The second-order valence-corrected chi connectivity index (χ2v) is 4.52. The maximum absolute atomic E-state index is 11.8. The quantitative estimate of drug-likeness (QED) is 0.839. The zero-order valence-corrected chi connectivity index (χ0v) is 11.3. The summed E-state index contributed by atoms with van der Waals surface area (Å²) < 4.78 is 10.7. The van der Waals surface area contributed by atoms with Crippen LogP contribution in [-0.4, -0.2) is 19.1 Å². The molecule has 0 amide bonds. The van der Waals surface area contributed by atoms with E-state index < -0.39 is 0 Å². The van der Waals surface area contributed by atoms with Crippen LogP contribution in [0.1, 0.15) is 18.2 Å². The lowest BCUT2D eigenvalue weighted by Crippen LogP contribution is -2.27. The van der Waals surface area contributed by atoms with Crippen LogP contribution in [0.15, 0.2) is 28.7 Å². The normalized spacial score (nSPS) is 12.6. The molecule has 0 saturated heterocycles. The fraction of sp³-hybridized carbons (Fsp3) is 0.400. The van der Waals surface area contributed by atoms with Crippen LogP contribution in [0.25, 0.3) is 11.0 Å². The second kappa shape index (κ2) is 5.89. The van der Waals surface area contributed by atoms with E-state index in [0.717, 1.165) is 22.3 Å². The molecule has 1 unspecified atom stereocenters. The van der Waals surface area contributed by atoms with Crippen molar-refractivity contribution in [1.82, 2.24) is 0 Å². The van der Waals surface area contributed by atoms with Crippen LogP contribution in [-0.2, 0) is 16.0 Å². The summed E-state index contributed by atoms with van der Waals surface area (Å²) in [5, 5.41) is 1.04. The molecule has 0 aliphatic heterocycles. The molecule has 19 heavy (non-hydrogen) atoms. The SMILES string of the molecule is CCOC(=O)C(CN)Cc1c(C)oc2ccccc12. The number of esters is 1. The molecule has 0 bridgehead atoms. The second-order valence-electron chi connectivity index (χ2n) is 4.52. The Labute approximate surface area is 112 Å². The Morgan fingerprint density at radius 2 is 2.16 bits per heavy atom. The highest BCUT2D eigenvalue weighted by Gasteiger charge is 2.22. The first kappa shape index (κ1) is 13.6. The Morgan fingerprint density at radius 3 is 2.84 bits per heavy atom. The first-order valence-corrected chi connectivity index (χ1v) is 6.51. The first-order chi connectivity index (χ1) is 9.17. The van der Waals surface area contributed by atoms with Crippen molar-refractivity contribution in [2.45, 2.75) is 20.3 Å².